The highest BCUT2D eigenvalue weighted by molar-refractivity contribution is 5.86. The van der Waals surface area contributed by atoms with Crippen LogP contribution >= 0.6 is 0 Å². The molecule has 7 nitrogen and oxygen atoms in total. The van der Waals surface area contributed by atoms with Gasteiger partial charge in [0, 0.05) is 19.5 Å². The van der Waals surface area contributed by atoms with Gasteiger partial charge in [-0.25, -0.2) is 19.0 Å². The summed E-state index contributed by atoms with van der Waals surface area (Å²) in [6, 6.07) is 6.31. The maximum Gasteiger partial charge on any atom is 0.220 e. The van der Waals surface area contributed by atoms with E-state index in [1.54, 1.807) is 23.0 Å². The molecule has 27 heavy (non-hydrogen) atoms. The lowest BCUT2D eigenvalue weighted by Crippen LogP contribution is -2.28. The Morgan fingerprint density at radius 3 is 2.74 bits per heavy atom. The van der Waals surface area contributed by atoms with Crippen LogP contribution in [0.4, 0.5) is 10.2 Å². The minimum atomic E-state index is -0.259. The van der Waals surface area contributed by atoms with Gasteiger partial charge in [-0.3, -0.25) is 4.79 Å². The number of nitrogens with one attached hydrogen (secondary N) is 2. The van der Waals surface area contributed by atoms with Gasteiger partial charge < -0.3 is 10.6 Å². The molecule has 0 atom stereocenters. The predicted molar refractivity (Wildman–Crippen MR) is 102 cm³/mol. The molecular formula is C19H23FN6O. The van der Waals surface area contributed by atoms with Gasteiger partial charge in [0.2, 0.25) is 5.91 Å². The second-order valence-electron chi connectivity index (χ2n) is 6.76. The molecule has 0 fully saturated rings. The van der Waals surface area contributed by atoms with Gasteiger partial charge in [0.05, 0.1) is 18.1 Å². The zero-order valence-electron chi connectivity index (χ0n) is 15.4. The molecule has 142 valence electrons. The molecule has 0 spiro atoms. The van der Waals surface area contributed by atoms with Crippen LogP contribution in [0.5, 0.6) is 0 Å². The summed E-state index contributed by atoms with van der Waals surface area (Å²) in [5, 5.41) is 11.3. The Balaban J connectivity index is 1.63. The number of amides is 1. The normalized spacial score (nSPS) is 11.1. The summed E-state index contributed by atoms with van der Waals surface area (Å²) < 4.78 is 14.7. The van der Waals surface area contributed by atoms with Gasteiger partial charge in [0.1, 0.15) is 18.0 Å². The van der Waals surface area contributed by atoms with E-state index < -0.39 is 0 Å². The zero-order valence-corrected chi connectivity index (χ0v) is 15.4. The number of rotatable bonds is 8. The van der Waals surface area contributed by atoms with E-state index in [4.69, 9.17) is 0 Å². The molecule has 1 aromatic carbocycles. The number of carbonyl (C=O) groups excluding carboxylic acids is 1. The van der Waals surface area contributed by atoms with E-state index in [9.17, 15) is 9.18 Å². The van der Waals surface area contributed by atoms with E-state index in [2.05, 4.69) is 25.7 Å². The van der Waals surface area contributed by atoms with Crippen molar-refractivity contribution in [1.29, 1.82) is 0 Å². The number of halogens is 1. The molecule has 0 unspecified atom stereocenters. The number of hydrogen-bond donors (Lipinski definition) is 2. The van der Waals surface area contributed by atoms with E-state index in [1.807, 2.05) is 13.8 Å². The average molecular weight is 370 g/mol. The Morgan fingerprint density at radius 2 is 2.00 bits per heavy atom. The Bertz CT molecular complexity index is 906. The highest BCUT2D eigenvalue weighted by Gasteiger charge is 2.10. The lowest BCUT2D eigenvalue weighted by atomic mass is 10.1. The third kappa shape index (κ3) is 4.99. The standard InChI is InChI=1S/C19H23FN6O/c1-13(2)9-17(27)21-7-8-26-19-16(11-25-26)18(23-12-24-19)22-10-14-3-5-15(20)6-4-14/h3-6,11-13H,7-10H2,1-2H3,(H,21,27)(H,22,23,24). The van der Waals surface area contributed by atoms with Crippen LogP contribution in [0.1, 0.15) is 25.8 Å². The van der Waals surface area contributed by atoms with Gasteiger partial charge >= 0.3 is 0 Å². The highest BCUT2D eigenvalue weighted by Crippen LogP contribution is 2.19. The summed E-state index contributed by atoms with van der Waals surface area (Å²) in [6.45, 7) is 5.56. The minimum absolute atomic E-state index is 0.0396. The smallest absolute Gasteiger partial charge is 0.220 e. The summed E-state index contributed by atoms with van der Waals surface area (Å²) in [4.78, 5) is 20.3. The Labute approximate surface area is 157 Å². The van der Waals surface area contributed by atoms with Crippen molar-refractivity contribution in [3.8, 4) is 0 Å². The van der Waals surface area contributed by atoms with Crippen LogP contribution in [0.2, 0.25) is 0 Å². The Hall–Kier alpha value is -3.03. The van der Waals surface area contributed by atoms with Crippen LogP contribution in [0.3, 0.4) is 0 Å². The quantitative estimate of drug-likeness (QED) is 0.637. The fraction of sp³-hybridized carbons (Fsp3) is 0.368. The van der Waals surface area contributed by atoms with Crippen LogP contribution in [0.25, 0.3) is 11.0 Å². The van der Waals surface area contributed by atoms with Crippen LogP contribution < -0.4 is 10.6 Å². The average Bonchev–Trinajstić information content (AvgIpc) is 3.04. The third-order valence-electron chi connectivity index (χ3n) is 4.05. The molecule has 0 saturated carbocycles. The van der Waals surface area contributed by atoms with Gasteiger partial charge in [0.25, 0.3) is 0 Å². The number of anilines is 1. The summed E-state index contributed by atoms with van der Waals surface area (Å²) in [6.07, 6.45) is 3.70. The predicted octanol–water partition coefficient (Wildman–Crippen LogP) is 2.74. The molecular weight excluding hydrogens is 347 g/mol. The van der Waals surface area contributed by atoms with Crippen LogP contribution in [0, 0.1) is 11.7 Å². The lowest BCUT2D eigenvalue weighted by Gasteiger charge is -2.08. The van der Waals surface area contributed by atoms with Crippen molar-refractivity contribution >= 4 is 22.8 Å². The van der Waals surface area contributed by atoms with Crippen LogP contribution in [0.15, 0.2) is 36.8 Å². The van der Waals surface area contributed by atoms with E-state index >= 15 is 0 Å². The summed E-state index contributed by atoms with van der Waals surface area (Å²) >= 11 is 0. The number of hydrogen-bond acceptors (Lipinski definition) is 5. The molecule has 0 saturated heterocycles. The van der Waals surface area contributed by atoms with Crippen molar-refractivity contribution in [2.45, 2.75) is 33.4 Å². The SMILES string of the molecule is CC(C)CC(=O)NCCn1ncc2c(NCc3ccc(F)cc3)ncnc21. The first kappa shape index (κ1) is 18.8. The van der Waals surface area contributed by atoms with Gasteiger partial charge in [-0.2, -0.15) is 5.10 Å². The lowest BCUT2D eigenvalue weighted by molar-refractivity contribution is -0.121. The first-order valence-corrected chi connectivity index (χ1v) is 8.94. The summed E-state index contributed by atoms with van der Waals surface area (Å²) in [7, 11) is 0. The molecule has 2 aromatic heterocycles. The van der Waals surface area contributed by atoms with E-state index in [-0.39, 0.29) is 11.7 Å². The topological polar surface area (TPSA) is 84.7 Å². The molecule has 0 aliphatic heterocycles. The second kappa shape index (κ2) is 8.57. The molecule has 0 aliphatic carbocycles. The molecule has 0 bridgehead atoms. The van der Waals surface area contributed by atoms with Crippen molar-refractivity contribution in [3.05, 3.63) is 48.2 Å². The molecule has 3 aromatic rings. The third-order valence-corrected chi connectivity index (χ3v) is 4.05. The van der Waals surface area contributed by atoms with Crippen molar-refractivity contribution in [2.75, 3.05) is 11.9 Å². The largest absolute Gasteiger partial charge is 0.365 e. The van der Waals surface area contributed by atoms with Crippen molar-refractivity contribution in [2.24, 2.45) is 5.92 Å². The first-order chi connectivity index (χ1) is 13.0. The van der Waals surface area contributed by atoms with Gasteiger partial charge in [-0.1, -0.05) is 26.0 Å². The number of carbonyl (C=O) groups is 1. The number of fused-ring (bicyclic) bond motifs is 1. The highest BCUT2D eigenvalue weighted by atomic mass is 19.1. The molecule has 2 heterocycles. The summed E-state index contributed by atoms with van der Waals surface area (Å²) in [5.74, 6) is 0.778. The molecule has 1 amide bonds. The number of aromatic nitrogens is 4. The van der Waals surface area contributed by atoms with E-state index in [0.717, 1.165) is 10.9 Å². The van der Waals surface area contributed by atoms with Crippen LogP contribution in [-0.2, 0) is 17.9 Å². The minimum Gasteiger partial charge on any atom is -0.365 e. The maximum absolute atomic E-state index is 13.0. The Morgan fingerprint density at radius 1 is 1.22 bits per heavy atom. The first-order valence-electron chi connectivity index (χ1n) is 8.94. The molecule has 0 radical (unpaired) electrons. The second-order valence-corrected chi connectivity index (χ2v) is 6.76. The summed E-state index contributed by atoms with van der Waals surface area (Å²) in [5.41, 5.74) is 1.65. The molecule has 2 N–H and O–H groups in total. The van der Waals surface area contributed by atoms with E-state index in [1.165, 1.54) is 18.5 Å². The van der Waals surface area contributed by atoms with Crippen molar-refractivity contribution in [1.82, 2.24) is 25.1 Å². The van der Waals surface area contributed by atoms with Crippen LogP contribution in [-0.4, -0.2) is 32.2 Å². The number of benzene rings is 1. The maximum atomic E-state index is 13.0. The molecule has 0 aliphatic rings. The van der Waals surface area contributed by atoms with E-state index in [0.29, 0.717) is 43.4 Å². The molecule has 8 heteroatoms. The fourth-order valence-corrected chi connectivity index (χ4v) is 2.73. The van der Waals surface area contributed by atoms with Crippen molar-refractivity contribution in [3.63, 3.8) is 0 Å². The van der Waals surface area contributed by atoms with Gasteiger partial charge in [0.15, 0.2) is 5.65 Å². The number of nitrogens with zero attached hydrogens (tertiary/aromatic N) is 4. The zero-order chi connectivity index (χ0) is 19.2. The monoisotopic (exact) mass is 370 g/mol. The van der Waals surface area contributed by atoms with Gasteiger partial charge in [-0.15, -0.1) is 0 Å². The fourth-order valence-electron chi connectivity index (χ4n) is 2.73. The Kier molecular flexibility index (Phi) is 5.95. The van der Waals surface area contributed by atoms with Gasteiger partial charge in [-0.05, 0) is 23.6 Å². The molecule has 3 rings (SSSR count). The van der Waals surface area contributed by atoms with Crippen molar-refractivity contribution < 1.29 is 9.18 Å².